The first-order valence-electron chi connectivity index (χ1n) is 8.06. The fraction of sp³-hybridized carbons (Fsp3) is 0.667. The fourth-order valence-electron chi connectivity index (χ4n) is 3.07. The molecule has 4 rings (SSSR count). The van der Waals surface area contributed by atoms with Crippen LogP contribution in [0.2, 0.25) is 0 Å². The second-order valence-electron chi connectivity index (χ2n) is 6.22. The van der Waals surface area contributed by atoms with E-state index in [9.17, 15) is 0 Å². The first-order chi connectivity index (χ1) is 10.8. The second-order valence-corrected chi connectivity index (χ2v) is 6.22. The lowest BCUT2D eigenvalue weighted by molar-refractivity contribution is 0.268. The summed E-state index contributed by atoms with van der Waals surface area (Å²) in [5.74, 6) is 2.40. The Morgan fingerprint density at radius 3 is 3.00 bits per heavy atom. The first kappa shape index (κ1) is 13.8. The highest BCUT2D eigenvalue weighted by atomic mass is 16.5. The lowest BCUT2D eigenvalue weighted by atomic mass is 9.95. The van der Waals surface area contributed by atoms with Gasteiger partial charge in [-0.1, -0.05) is 0 Å². The maximum absolute atomic E-state index is 8.99. The Kier molecular flexibility index (Phi) is 3.57. The van der Waals surface area contributed by atoms with Gasteiger partial charge in [0.1, 0.15) is 0 Å². The Bertz CT molecular complexity index is 633. The molecule has 1 atom stereocenters. The zero-order valence-electron chi connectivity index (χ0n) is 12.6. The molecule has 2 fully saturated rings. The van der Waals surface area contributed by atoms with E-state index in [2.05, 4.69) is 26.2 Å². The average Bonchev–Trinajstić information content (AvgIpc) is 3.10. The molecule has 7 nitrogen and oxygen atoms in total. The summed E-state index contributed by atoms with van der Waals surface area (Å²) in [7, 11) is 0. The molecule has 1 aliphatic carbocycles. The van der Waals surface area contributed by atoms with Gasteiger partial charge in [-0.05, 0) is 36.9 Å². The topological polar surface area (TPSA) is 80.2 Å². The summed E-state index contributed by atoms with van der Waals surface area (Å²) in [6, 6.07) is 2.05. The fourth-order valence-corrected chi connectivity index (χ4v) is 3.07. The number of aromatic nitrogens is 4. The number of rotatable bonds is 5. The van der Waals surface area contributed by atoms with Gasteiger partial charge >= 0.3 is 0 Å². The molecule has 0 amide bonds. The van der Waals surface area contributed by atoms with Crippen molar-refractivity contribution in [2.75, 3.05) is 24.6 Å². The third-order valence-electron chi connectivity index (χ3n) is 4.47. The quantitative estimate of drug-likeness (QED) is 0.902. The number of aliphatic hydroxyl groups excluding tert-OH is 1. The summed E-state index contributed by atoms with van der Waals surface area (Å²) in [5, 5.41) is 17.7. The molecule has 2 aromatic rings. The zero-order chi connectivity index (χ0) is 14.9. The van der Waals surface area contributed by atoms with Gasteiger partial charge in [-0.2, -0.15) is 10.1 Å². The molecule has 7 heteroatoms. The molecule has 1 aliphatic heterocycles. The summed E-state index contributed by atoms with van der Waals surface area (Å²) in [6.07, 6.45) is 6.51. The number of hydrogen-bond acceptors (Lipinski definition) is 6. The highest BCUT2D eigenvalue weighted by molar-refractivity contribution is 5.31. The molecule has 1 N–H and O–H groups in total. The van der Waals surface area contributed by atoms with Gasteiger partial charge in [-0.25, -0.2) is 0 Å². The van der Waals surface area contributed by atoms with Crippen molar-refractivity contribution < 1.29 is 9.63 Å². The van der Waals surface area contributed by atoms with Crippen LogP contribution in [0.5, 0.6) is 0 Å². The highest BCUT2D eigenvalue weighted by Gasteiger charge is 2.31. The number of aliphatic hydroxyl groups is 1. The van der Waals surface area contributed by atoms with Crippen molar-refractivity contribution in [2.24, 2.45) is 0 Å². The zero-order valence-corrected chi connectivity index (χ0v) is 12.6. The largest absolute Gasteiger partial charge is 0.394 e. The van der Waals surface area contributed by atoms with E-state index in [1.807, 2.05) is 6.20 Å². The Hall–Kier alpha value is -1.89. The third kappa shape index (κ3) is 2.72. The van der Waals surface area contributed by atoms with Crippen molar-refractivity contribution in [1.82, 2.24) is 19.9 Å². The van der Waals surface area contributed by atoms with E-state index in [4.69, 9.17) is 9.63 Å². The number of anilines is 1. The number of piperidine rings is 1. The monoisotopic (exact) mass is 303 g/mol. The van der Waals surface area contributed by atoms with Crippen LogP contribution in [0.4, 0.5) is 5.95 Å². The van der Waals surface area contributed by atoms with Crippen LogP contribution < -0.4 is 4.90 Å². The molecule has 2 aliphatic rings. The van der Waals surface area contributed by atoms with Crippen LogP contribution in [0.3, 0.4) is 0 Å². The highest BCUT2D eigenvalue weighted by Crippen LogP contribution is 2.39. The molecule has 1 saturated carbocycles. The molecule has 3 heterocycles. The molecule has 0 unspecified atom stereocenters. The number of hydrogen-bond donors (Lipinski definition) is 1. The van der Waals surface area contributed by atoms with Gasteiger partial charge in [-0.3, -0.25) is 4.68 Å². The van der Waals surface area contributed by atoms with Crippen LogP contribution in [0.1, 0.15) is 49.1 Å². The minimum atomic E-state index is 0.116. The van der Waals surface area contributed by atoms with Crippen molar-refractivity contribution in [1.29, 1.82) is 0 Å². The molecule has 0 spiro atoms. The number of nitrogens with zero attached hydrogens (tertiary/aromatic N) is 5. The molecule has 2 aromatic heterocycles. The van der Waals surface area contributed by atoms with E-state index in [1.165, 1.54) is 12.8 Å². The van der Waals surface area contributed by atoms with E-state index in [0.717, 1.165) is 43.5 Å². The summed E-state index contributed by atoms with van der Waals surface area (Å²) in [4.78, 5) is 6.75. The molecule has 22 heavy (non-hydrogen) atoms. The van der Waals surface area contributed by atoms with Crippen molar-refractivity contribution in [3.63, 3.8) is 0 Å². The minimum absolute atomic E-state index is 0.116. The lowest BCUT2D eigenvalue weighted by Gasteiger charge is -2.30. The Labute approximate surface area is 128 Å². The second kappa shape index (κ2) is 5.72. The molecule has 1 saturated heterocycles. The summed E-state index contributed by atoms with van der Waals surface area (Å²) in [5.41, 5.74) is 1.09. The summed E-state index contributed by atoms with van der Waals surface area (Å²) < 4.78 is 7.17. The Morgan fingerprint density at radius 1 is 1.27 bits per heavy atom. The smallest absolute Gasteiger partial charge is 0.266 e. The molecule has 0 radical (unpaired) electrons. The van der Waals surface area contributed by atoms with Gasteiger partial charge in [-0.15, -0.1) is 0 Å². The van der Waals surface area contributed by atoms with Gasteiger partial charge in [0.15, 0.2) is 0 Å². The van der Waals surface area contributed by atoms with E-state index >= 15 is 0 Å². The molecular weight excluding hydrogens is 282 g/mol. The van der Waals surface area contributed by atoms with Gasteiger partial charge in [0, 0.05) is 31.1 Å². The Balaban J connectivity index is 1.45. The predicted octanol–water partition coefficient (Wildman–Crippen LogP) is 1.52. The van der Waals surface area contributed by atoms with E-state index in [0.29, 0.717) is 18.4 Å². The van der Waals surface area contributed by atoms with Gasteiger partial charge in [0.05, 0.1) is 18.8 Å². The van der Waals surface area contributed by atoms with Crippen LogP contribution in [-0.4, -0.2) is 44.7 Å². The first-order valence-corrected chi connectivity index (χ1v) is 8.06. The van der Waals surface area contributed by atoms with Crippen molar-refractivity contribution in [3.8, 4) is 0 Å². The van der Waals surface area contributed by atoms with Crippen LogP contribution in [0.25, 0.3) is 0 Å². The van der Waals surface area contributed by atoms with Crippen LogP contribution >= 0.6 is 0 Å². The van der Waals surface area contributed by atoms with Crippen LogP contribution in [-0.2, 0) is 6.54 Å². The van der Waals surface area contributed by atoms with Crippen molar-refractivity contribution in [2.45, 2.75) is 44.1 Å². The lowest BCUT2D eigenvalue weighted by Crippen LogP contribution is -2.35. The van der Waals surface area contributed by atoms with Crippen LogP contribution in [0, 0.1) is 0 Å². The molecular formula is C15H21N5O2. The van der Waals surface area contributed by atoms with E-state index in [1.54, 1.807) is 4.68 Å². The standard InChI is InChI=1S/C15H21N5O2/c21-9-8-20-7-5-13(17-20)12-2-1-6-19(10-12)15-16-14(22-18-15)11-3-4-11/h5,7,11-12,21H,1-4,6,8-10H2/t12-/m1/s1. The maximum Gasteiger partial charge on any atom is 0.266 e. The molecule has 0 bridgehead atoms. The van der Waals surface area contributed by atoms with E-state index < -0.39 is 0 Å². The SMILES string of the molecule is OCCn1ccc([C@@H]2CCCN(c3noc(C4CC4)n3)C2)n1. The minimum Gasteiger partial charge on any atom is -0.394 e. The van der Waals surface area contributed by atoms with Crippen molar-refractivity contribution >= 4 is 5.95 Å². The van der Waals surface area contributed by atoms with Crippen LogP contribution in [0.15, 0.2) is 16.8 Å². The summed E-state index contributed by atoms with van der Waals surface area (Å²) in [6.45, 7) is 2.51. The van der Waals surface area contributed by atoms with Gasteiger partial charge < -0.3 is 14.5 Å². The van der Waals surface area contributed by atoms with Crippen molar-refractivity contribution in [3.05, 3.63) is 23.8 Å². The van der Waals surface area contributed by atoms with E-state index in [-0.39, 0.29) is 6.61 Å². The predicted molar refractivity (Wildman–Crippen MR) is 79.8 cm³/mol. The summed E-state index contributed by atoms with van der Waals surface area (Å²) >= 11 is 0. The average molecular weight is 303 g/mol. The van der Waals surface area contributed by atoms with Gasteiger partial charge in [0.2, 0.25) is 5.89 Å². The normalized spacial score (nSPS) is 22.2. The van der Waals surface area contributed by atoms with Gasteiger partial charge in [0.25, 0.3) is 5.95 Å². The third-order valence-corrected chi connectivity index (χ3v) is 4.47. The maximum atomic E-state index is 8.99. The Morgan fingerprint density at radius 2 is 2.18 bits per heavy atom. The molecule has 118 valence electrons. The molecule has 0 aromatic carbocycles.